The van der Waals surface area contributed by atoms with E-state index in [9.17, 15) is 9.18 Å². The molecule has 0 aromatic heterocycles. The third-order valence-corrected chi connectivity index (χ3v) is 5.35. The van der Waals surface area contributed by atoms with E-state index in [-0.39, 0.29) is 11.7 Å². The average Bonchev–Trinajstić information content (AvgIpc) is 2.64. The van der Waals surface area contributed by atoms with E-state index < -0.39 is 5.54 Å². The van der Waals surface area contributed by atoms with E-state index in [1.807, 2.05) is 6.07 Å². The Balaban J connectivity index is 1.75. The number of nitrogens with one attached hydrogen (secondary N) is 1. The first-order valence-electron chi connectivity index (χ1n) is 9.32. The first-order chi connectivity index (χ1) is 12.9. The number of likely N-dealkylation sites (tertiary alicyclic amines) is 1. The lowest BCUT2D eigenvalue weighted by Crippen LogP contribution is -2.52. The molecule has 1 aliphatic rings. The van der Waals surface area contributed by atoms with Gasteiger partial charge >= 0.3 is 0 Å². The van der Waals surface area contributed by atoms with Crippen molar-refractivity contribution in [3.8, 4) is 5.75 Å². The molecule has 1 saturated heterocycles. The molecule has 0 radical (unpaired) electrons. The molecule has 2 aromatic rings. The maximum atomic E-state index is 13.3. The van der Waals surface area contributed by atoms with Crippen molar-refractivity contribution < 1.29 is 13.9 Å². The Kier molecular flexibility index (Phi) is 5.80. The molecule has 1 aliphatic heterocycles. The topological polar surface area (TPSA) is 41.6 Å². The van der Waals surface area contributed by atoms with Crippen LogP contribution in [0.5, 0.6) is 5.75 Å². The number of carbonyl (C=O) groups is 1. The van der Waals surface area contributed by atoms with Gasteiger partial charge in [0.15, 0.2) is 0 Å². The van der Waals surface area contributed by atoms with Crippen LogP contribution in [0.2, 0.25) is 0 Å². The molecular weight excluding hydrogens is 343 g/mol. The highest BCUT2D eigenvalue weighted by Crippen LogP contribution is 2.34. The van der Waals surface area contributed by atoms with E-state index in [1.54, 1.807) is 19.2 Å². The van der Waals surface area contributed by atoms with Gasteiger partial charge in [-0.1, -0.05) is 29.8 Å². The number of nitrogens with zero attached hydrogens (tertiary/aromatic N) is 1. The van der Waals surface area contributed by atoms with Crippen molar-refractivity contribution in [2.75, 3.05) is 20.2 Å². The molecule has 0 bridgehead atoms. The predicted octanol–water partition coefficient (Wildman–Crippen LogP) is 3.77. The van der Waals surface area contributed by atoms with Crippen LogP contribution in [0, 0.1) is 12.7 Å². The van der Waals surface area contributed by atoms with Gasteiger partial charge in [0.2, 0.25) is 5.91 Å². The molecule has 1 fully saturated rings. The minimum Gasteiger partial charge on any atom is -0.496 e. The van der Waals surface area contributed by atoms with Crippen molar-refractivity contribution in [3.05, 3.63) is 65.0 Å². The molecule has 0 unspecified atom stereocenters. The van der Waals surface area contributed by atoms with Crippen molar-refractivity contribution in [1.82, 2.24) is 10.2 Å². The van der Waals surface area contributed by atoms with E-state index in [4.69, 9.17) is 4.74 Å². The summed E-state index contributed by atoms with van der Waals surface area (Å²) >= 11 is 0. The Morgan fingerprint density at radius 2 is 1.85 bits per heavy atom. The summed E-state index contributed by atoms with van der Waals surface area (Å²) in [6.45, 7) is 6.11. The Labute approximate surface area is 160 Å². The zero-order valence-electron chi connectivity index (χ0n) is 16.2. The van der Waals surface area contributed by atoms with Gasteiger partial charge in [-0.2, -0.15) is 0 Å². The van der Waals surface area contributed by atoms with Gasteiger partial charge in [0.05, 0.1) is 12.6 Å². The molecule has 1 heterocycles. The third-order valence-electron chi connectivity index (χ3n) is 5.35. The maximum Gasteiger partial charge on any atom is 0.217 e. The number of aryl methyl sites for hydroxylation is 1. The van der Waals surface area contributed by atoms with Crippen LogP contribution in [0.3, 0.4) is 0 Å². The van der Waals surface area contributed by atoms with Crippen molar-refractivity contribution in [1.29, 1.82) is 0 Å². The monoisotopic (exact) mass is 370 g/mol. The first-order valence-corrected chi connectivity index (χ1v) is 9.32. The normalized spacial score (nSPS) is 16.7. The molecule has 1 amide bonds. The number of ether oxygens (including phenoxy) is 1. The van der Waals surface area contributed by atoms with Gasteiger partial charge in [-0.15, -0.1) is 0 Å². The van der Waals surface area contributed by atoms with E-state index >= 15 is 0 Å². The Morgan fingerprint density at radius 3 is 2.44 bits per heavy atom. The summed E-state index contributed by atoms with van der Waals surface area (Å²) < 4.78 is 18.8. The summed E-state index contributed by atoms with van der Waals surface area (Å²) in [6.07, 6.45) is 1.57. The average molecular weight is 370 g/mol. The molecular formula is C22H27FN2O2. The van der Waals surface area contributed by atoms with E-state index in [0.717, 1.165) is 43.8 Å². The van der Waals surface area contributed by atoms with Crippen LogP contribution in [0.4, 0.5) is 4.39 Å². The van der Waals surface area contributed by atoms with Gasteiger partial charge in [-0.05, 0) is 43.5 Å². The molecule has 0 aliphatic carbocycles. The van der Waals surface area contributed by atoms with Crippen LogP contribution < -0.4 is 10.1 Å². The molecule has 0 atom stereocenters. The zero-order valence-corrected chi connectivity index (χ0v) is 16.2. The van der Waals surface area contributed by atoms with Gasteiger partial charge in [0.1, 0.15) is 11.6 Å². The molecule has 4 nitrogen and oxygen atoms in total. The number of halogens is 1. The number of hydrogen-bond acceptors (Lipinski definition) is 3. The first kappa shape index (κ1) is 19.4. The van der Waals surface area contributed by atoms with Crippen LogP contribution in [0.15, 0.2) is 42.5 Å². The van der Waals surface area contributed by atoms with E-state index in [1.165, 1.54) is 30.2 Å². The third kappa shape index (κ3) is 4.48. The molecule has 0 saturated carbocycles. The zero-order chi connectivity index (χ0) is 19.4. The van der Waals surface area contributed by atoms with Gasteiger partial charge < -0.3 is 10.1 Å². The van der Waals surface area contributed by atoms with Crippen LogP contribution in [0.1, 0.15) is 36.5 Å². The summed E-state index contributed by atoms with van der Waals surface area (Å²) in [4.78, 5) is 14.2. The quantitative estimate of drug-likeness (QED) is 0.871. The van der Waals surface area contributed by atoms with Gasteiger partial charge in [-0.25, -0.2) is 4.39 Å². The Hall–Kier alpha value is -2.40. The fourth-order valence-corrected chi connectivity index (χ4v) is 3.96. The lowest BCUT2D eigenvalue weighted by Gasteiger charge is -2.42. The largest absolute Gasteiger partial charge is 0.496 e. The minimum atomic E-state index is -0.438. The fraction of sp³-hybridized carbons (Fsp3) is 0.409. The summed E-state index contributed by atoms with van der Waals surface area (Å²) in [6, 6.07) is 12.7. The predicted molar refractivity (Wildman–Crippen MR) is 104 cm³/mol. The number of hydrogen-bond donors (Lipinski definition) is 1. The van der Waals surface area contributed by atoms with Crippen molar-refractivity contribution >= 4 is 5.91 Å². The van der Waals surface area contributed by atoms with Gasteiger partial charge in [0.25, 0.3) is 0 Å². The second-order valence-electron chi connectivity index (χ2n) is 7.36. The van der Waals surface area contributed by atoms with Gasteiger partial charge in [0, 0.05) is 32.1 Å². The molecule has 3 rings (SSSR count). The highest BCUT2D eigenvalue weighted by molar-refractivity contribution is 5.74. The number of methoxy groups -OCH3 is 1. The number of benzene rings is 2. The number of rotatable bonds is 5. The van der Waals surface area contributed by atoms with Crippen LogP contribution in [0.25, 0.3) is 0 Å². The molecule has 2 aromatic carbocycles. The summed E-state index contributed by atoms with van der Waals surface area (Å²) in [5.41, 5.74) is 2.91. The lowest BCUT2D eigenvalue weighted by atomic mass is 9.80. The van der Waals surface area contributed by atoms with Crippen molar-refractivity contribution in [3.63, 3.8) is 0 Å². The second kappa shape index (κ2) is 8.09. The highest BCUT2D eigenvalue weighted by atomic mass is 19.1. The maximum absolute atomic E-state index is 13.3. The number of amides is 1. The molecule has 144 valence electrons. The summed E-state index contributed by atoms with van der Waals surface area (Å²) in [5.74, 6) is 0.576. The summed E-state index contributed by atoms with van der Waals surface area (Å²) in [7, 11) is 1.70. The second-order valence-corrected chi connectivity index (χ2v) is 7.36. The SMILES string of the molecule is COc1ccc(C)cc1CN1CCC(NC(C)=O)(c2ccc(F)cc2)CC1. The molecule has 1 N–H and O–H groups in total. The highest BCUT2D eigenvalue weighted by Gasteiger charge is 2.37. The smallest absolute Gasteiger partial charge is 0.217 e. The van der Waals surface area contributed by atoms with Crippen molar-refractivity contribution in [2.24, 2.45) is 0 Å². The fourth-order valence-electron chi connectivity index (χ4n) is 3.96. The van der Waals surface area contributed by atoms with E-state index in [2.05, 4.69) is 29.3 Å². The Morgan fingerprint density at radius 1 is 1.19 bits per heavy atom. The van der Waals surface area contributed by atoms with E-state index in [0.29, 0.717) is 0 Å². The molecule has 27 heavy (non-hydrogen) atoms. The van der Waals surface area contributed by atoms with Crippen molar-refractivity contribution in [2.45, 2.75) is 38.8 Å². The minimum absolute atomic E-state index is 0.0619. The van der Waals surface area contributed by atoms with Gasteiger partial charge in [-0.3, -0.25) is 9.69 Å². The molecule has 5 heteroatoms. The van der Waals surface area contributed by atoms with Crippen LogP contribution in [-0.4, -0.2) is 31.0 Å². The number of piperidine rings is 1. The van der Waals surface area contributed by atoms with Crippen LogP contribution >= 0.6 is 0 Å². The Bertz CT molecular complexity index is 796. The lowest BCUT2D eigenvalue weighted by molar-refractivity contribution is -0.121. The summed E-state index contributed by atoms with van der Waals surface area (Å²) in [5, 5.41) is 3.13. The standard InChI is InChI=1S/C22H27FN2O2/c1-16-4-9-21(27-3)18(14-16)15-25-12-10-22(11-13-25,24-17(2)26)19-5-7-20(23)8-6-19/h4-9,14H,10-13,15H2,1-3H3,(H,24,26). The van der Waals surface area contributed by atoms with Crippen LogP contribution in [-0.2, 0) is 16.9 Å². The number of carbonyl (C=O) groups excluding carboxylic acids is 1. The molecule has 0 spiro atoms.